The Morgan fingerprint density at radius 1 is 1.05 bits per heavy atom. The molecule has 1 amide bonds. The maximum absolute atomic E-state index is 14.3. The van der Waals surface area contributed by atoms with Gasteiger partial charge in [-0.1, -0.05) is 42.2 Å². The zero-order valence-electron chi connectivity index (χ0n) is 23.1. The molecule has 0 bridgehead atoms. The molecule has 0 radical (unpaired) electrons. The van der Waals surface area contributed by atoms with E-state index in [-0.39, 0.29) is 11.5 Å². The number of carbonyl (C=O) groups excluding carboxylic acids is 1. The predicted octanol–water partition coefficient (Wildman–Crippen LogP) is 4.27. The summed E-state index contributed by atoms with van der Waals surface area (Å²) in [5, 5.41) is 12.9. The molecule has 41 heavy (non-hydrogen) atoms. The number of rotatable bonds is 4. The lowest BCUT2D eigenvalue weighted by molar-refractivity contribution is 0.0939. The van der Waals surface area contributed by atoms with Crippen molar-refractivity contribution in [3.05, 3.63) is 123 Å². The van der Waals surface area contributed by atoms with Gasteiger partial charge in [0.25, 0.3) is 11.5 Å². The summed E-state index contributed by atoms with van der Waals surface area (Å²) < 4.78 is 4.95. The van der Waals surface area contributed by atoms with Crippen molar-refractivity contribution in [3.63, 3.8) is 0 Å². The van der Waals surface area contributed by atoms with E-state index in [0.717, 1.165) is 22.2 Å². The molecule has 202 valence electrons. The van der Waals surface area contributed by atoms with Gasteiger partial charge in [-0.25, -0.2) is 9.50 Å². The lowest BCUT2D eigenvalue weighted by Gasteiger charge is -2.22. The third kappa shape index (κ3) is 4.66. The number of hydrogen-bond acceptors (Lipinski definition) is 5. The minimum Gasteiger partial charge on any atom is -0.344 e. The van der Waals surface area contributed by atoms with Crippen LogP contribution < -0.4 is 10.9 Å². The van der Waals surface area contributed by atoms with Gasteiger partial charge in [0.1, 0.15) is 5.56 Å². The topological polar surface area (TPSA) is 99.1 Å². The molecule has 9 nitrogen and oxygen atoms in total. The molecule has 2 aromatic carbocycles. The van der Waals surface area contributed by atoms with Crippen LogP contribution in [0.2, 0.25) is 0 Å². The molecule has 1 atom stereocenters. The zero-order chi connectivity index (χ0) is 28.7. The van der Waals surface area contributed by atoms with Crippen LogP contribution in [0.15, 0.2) is 84.2 Å². The smallest absolute Gasteiger partial charge is 0.264 e. The number of nitrogens with one attached hydrogen (secondary N) is 1. The Morgan fingerprint density at radius 2 is 1.88 bits per heavy atom. The lowest BCUT2D eigenvalue weighted by Crippen LogP contribution is -2.32. The van der Waals surface area contributed by atoms with Crippen molar-refractivity contribution < 1.29 is 4.79 Å². The molecule has 0 aliphatic heterocycles. The van der Waals surface area contributed by atoms with Crippen LogP contribution in [-0.2, 0) is 7.05 Å². The highest BCUT2D eigenvalue weighted by Gasteiger charge is 2.23. The number of fused-ring (bicyclic) bond motifs is 2. The van der Waals surface area contributed by atoms with Gasteiger partial charge in [0.15, 0.2) is 5.65 Å². The van der Waals surface area contributed by atoms with Crippen LogP contribution in [0.25, 0.3) is 22.1 Å². The van der Waals surface area contributed by atoms with Gasteiger partial charge in [-0.05, 0) is 56.0 Å². The van der Waals surface area contributed by atoms with Crippen LogP contribution in [0.4, 0.5) is 0 Å². The van der Waals surface area contributed by atoms with Gasteiger partial charge >= 0.3 is 0 Å². The Hall–Kier alpha value is -5.49. The number of aryl methyl sites for hydroxylation is 3. The van der Waals surface area contributed by atoms with Crippen molar-refractivity contribution in [2.75, 3.05) is 0 Å². The van der Waals surface area contributed by atoms with Gasteiger partial charge < -0.3 is 5.32 Å². The number of benzene rings is 2. The van der Waals surface area contributed by atoms with E-state index in [1.165, 1.54) is 0 Å². The van der Waals surface area contributed by atoms with Gasteiger partial charge in [-0.15, -0.1) is 0 Å². The first kappa shape index (κ1) is 25.8. The second-order valence-electron chi connectivity index (χ2n) is 9.96. The summed E-state index contributed by atoms with van der Waals surface area (Å²) in [6.07, 6.45) is 6.90. The highest BCUT2D eigenvalue weighted by molar-refractivity contribution is 6.01. The van der Waals surface area contributed by atoms with Gasteiger partial charge in [0.2, 0.25) is 0 Å². The molecule has 4 aromatic heterocycles. The highest BCUT2D eigenvalue weighted by Crippen LogP contribution is 2.25. The Morgan fingerprint density at radius 3 is 2.66 bits per heavy atom. The molecule has 9 heteroatoms. The molecule has 0 saturated heterocycles. The normalized spacial score (nSPS) is 11.8. The molecule has 0 spiro atoms. The first-order valence-electron chi connectivity index (χ1n) is 13.2. The summed E-state index contributed by atoms with van der Waals surface area (Å²) in [6, 6.07) is 16.5. The van der Waals surface area contributed by atoms with Gasteiger partial charge in [-0.2, -0.15) is 10.2 Å². The van der Waals surface area contributed by atoms with Crippen molar-refractivity contribution in [1.82, 2.24) is 34.3 Å². The minimum atomic E-state index is -0.526. The number of para-hydroxylation sites is 1. The Bertz CT molecular complexity index is 2090. The lowest BCUT2D eigenvalue weighted by atomic mass is 10.0. The van der Waals surface area contributed by atoms with Crippen LogP contribution in [0.3, 0.4) is 0 Å². The van der Waals surface area contributed by atoms with E-state index in [2.05, 4.69) is 32.3 Å². The van der Waals surface area contributed by atoms with Crippen molar-refractivity contribution in [3.8, 4) is 17.5 Å². The van der Waals surface area contributed by atoms with Crippen molar-refractivity contribution in [2.45, 2.75) is 26.8 Å². The standard InChI is InChI=1S/C32H27N7O2/c1-20-9-5-6-12-26(20)39-27(21(2)35-31(40)28-22(3)36-38-16-8-15-33-30(28)38)17-25-11-7-10-24(29(25)32(39)41)14-13-23-18-34-37(4)19-23/h5-12,15-19,21H,1-4H3,(H,35,40). The third-order valence-electron chi connectivity index (χ3n) is 7.07. The van der Waals surface area contributed by atoms with E-state index in [1.54, 1.807) is 45.3 Å². The second kappa shape index (κ2) is 10.2. The zero-order valence-corrected chi connectivity index (χ0v) is 23.1. The molecule has 0 saturated carbocycles. The first-order valence-corrected chi connectivity index (χ1v) is 13.2. The van der Waals surface area contributed by atoms with E-state index in [1.807, 2.05) is 75.6 Å². The summed E-state index contributed by atoms with van der Waals surface area (Å²) in [5.41, 5.74) is 4.92. The Kier molecular flexibility index (Phi) is 6.44. The van der Waals surface area contributed by atoms with E-state index in [9.17, 15) is 9.59 Å². The van der Waals surface area contributed by atoms with E-state index < -0.39 is 6.04 Å². The van der Waals surface area contributed by atoms with Crippen molar-refractivity contribution >= 4 is 22.3 Å². The number of amides is 1. The van der Waals surface area contributed by atoms with Crippen LogP contribution in [0.5, 0.6) is 0 Å². The molecule has 6 aromatic rings. The average molecular weight is 542 g/mol. The average Bonchev–Trinajstić information content (AvgIpc) is 3.53. The van der Waals surface area contributed by atoms with Gasteiger partial charge in [0.05, 0.1) is 34.6 Å². The number of aromatic nitrogens is 6. The molecule has 4 heterocycles. The fourth-order valence-electron chi connectivity index (χ4n) is 5.10. The van der Waals surface area contributed by atoms with E-state index in [0.29, 0.717) is 33.5 Å². The summed E-state index contributed by atoms with van der Waals surface area (Å²) in [6.45, 7) is 5.61. The molecule has 0 aliphatic rings. The number of hydrogen-bond donors (Lipinski definition) is 1. The number of nitrogens with zero attached hydrogens (tertiary/aromatic N) is 6. The SMILES string of the molecule is Cc1ccccc1-n1c(C(C)NC(=O)c2c(C)nn3cccnc23)cc2cccc(C#Cc3cnn(C)c3)c2c1=O. The summed E-state index contributed by atoms with van der Waals surface area (Å²) in [5.74, 6) is 5.97. The van der Waals surface area contributed by atoms with Crippen LogP contribution in [0, 0.1) is 25.7 Å². The maximum atomic E-state index is 14.3. The highest BCUT2D eigenvalue weighted by atomic mass is 16.2. The molecule has 1 unspecified atom stereocenters. The maximum Gasteiger partial charge on any atom is 0.264 e. The molecule has 0 fully saturated rings. The Balaban J connectivity index is 1.50. The fourth-order valence-corrected chi connectivity index (χ4v) is 5.10. The van der Waals surface area contributed by atoms with E-state index in [4.69, 9.17) is 0 Å². The quantitative estimate of drug-likeness (QED) is 0.336. The van der Waals surface area contributed by atoms with E-state index >= 15 is 0 Å². The number of pyridine rings is 1. The summed E-state index contributed by atoms with van der Waals surface area (Å²) >= 11 is 0. The van der Waals surface area contributed by atoms with Gasteiger partial charge in [0, 0.05) is 36.9 Å². The van der Waals surface area contributed by atoms with Gasteiger partial charge in [-0.3, -0.25) is 18.8 Å². The summed E-state index contributed by atoms with van der Waals surface area (Å²) in [4.78, 5) is 32.2. The minimum absolute atomic E-state index is 0.210. The first-order chi connectivity index (χ1) is 19.8. The monoisotopic (exact) mass is 541 g/mol. The third-order valence-corrected chi connectivity index (χ3v) is 7.07. The van der Waals surface area contributed by atoms with Crippen LogP contribution in [-0.4, -0.2) is 34.9 Å². The van der Waals surface area contributed by atoms with Crippen molar-refractivity contribution in [1.29, 1.82) is 0 Å². The van der Waals surface area contributed by atoms with Crippen molar-refractivity contribution in [2.24, 2.45) is 7.05 Å². The molecular weight excluding hydrogens is 514 g/mol. The predicted molar refractivity (Wildman–Crippen MR) is 157 cm³/mol. The summed E-state index contributed by atoms with van der Waals surface area (Å²) in [7, 11) is 1.83. The molecule has 1 N–H and O–H groups in total. The molecule has 6 rings (SSSR count). The second-order valence-corrected chi connectivity index (χ2v) is 9.96. The molecule has 0 aliphatic carbocycles. The Labute approximate surface area is 236 Å². The van der Waals surface area contributed by atoms with Crippen LogP contribution >= 0.6 is 0 Å². The molecular formula is C32H27N7O2. The largest absolute Gasteiger partial charge is 0.344 e. The fraction of sp³-hybridized carbons (Fsp3) is 0.156. The van der Waals surface area contributed by atoms with Crippen LogP contribution in [0.1, 0.15) is 51.4 Å². The number of carbonyl (C=O) groups is 1.